The molecule has 1 N–H and O–H groups in total. The molecule has 0 aliphatic carbocycles. The summed E-state index contributed by atoms with van der Waals surface area (Å²) in [6.07, 6.45) is 2.38. The number of hydrogen-bond donors (Lipinski definition) is 1. The minimum absolute atomic E-state index is 0.405. The van der Waals surface area contributed by atoms with Gasteiger partial charge in [-0.15, -0.1) is 10.2 Å². The third-order valence-corrected chi connectivity index (χ3v) is 2.60. The van der Waals surface area contributed by atoms with E-state index in [-0.39, 0.29) is 0 Å². The smallest absolute Gasteiger partial charge is 0.161 e. The first-order chi connectivity index (χ1) is 6.68. The fourth-order valence-electron chi connectivity index (χ4n) is 1.93. The molecule has 0 saturated carbocycles. The number of aliphatic hydroxyl groups excluding tert-OH is 1. The van der Waals surface area contributed by atoms with Gasteiger partial charge in [-0.2, -0.15) is 0 Å². The molecule has 78 valence electrons. The van der Waals surface area contributed by atoms with Gasteiger partial charge in [-0.05, 0) is 18.8 Å². The van der Waals surface area contributed by atoms with Crippen LogP contribution in [0, 0.1) is 5.92 Å². The predicted octanol–water partition coefficient (Wildman–Crippen LogP) is 1.30. The van der Waals surface area contributed by atoms with Gasteiger partial charge in [0.1, 0.15) is 11.9 Å². The van der Waals surface area contributed by atoms with Gasteiger partial charge in [-0.1, -0.05) is 13.8 Å². The van der Waals surface area contributed by atoms with Gasteiger partial charge in [0.15, 0.2) is 5.82 Å². The average molecular weight is 195 g/mol. The molecule has 1 aliphatic rings. The highest BCUT2D eigenvalue weighted by Crippen LogP contribution is 2.24. The van der Waals surface area contributed by atoms with Crippen molar-refractivity contribution in [3.63, 3.8) is 0 Å². The molecular formula is C10H17N3O. The van der Waals surface area contributed by atoms with Crippen LogP contribution in [0.5, 0.6) is 0 Å². The van der Waals surface area contributed by atoms with Crippen molar-refractivity contribution >= 4 is 0 Å². The van der Waals surface area contributed by atoms with Crippen molar-refractivity contribution in [1.29, 1.82) is 0 Å². The minimum atomic E-state index is -0.405. The van der Waals surface area contributed by atoms with E-state index in [2.05, 4.69) is 28.6 Å². The van der Waals surface area contributed by atoms with E-state index in [1.54, 1.807) is 0 Å². The molecule has 1 aliphatic heterocycles. The van der Waals surface area contributed by atoms with E-state index in [1.807, 2.05) is 0 Å². The Morgan fingerprint density at radius 2 is 2.29 bits per heavy atom. The summed E-state index contributed by atoms with van der Waals surface area (Å²) in [5.74, 6) is 2.36. The summed E-state index contributed by atoms with van der Waals surface area (Å²) in [5.41, 5.74) is 0. The summed E-state index contributed by atoms with van der Waals surface area (Å²) in [6.45, 7) is 5.29. The first kappa shape index (κ1) is 9.65. The molecule has 1 unspecified atom stereocenters. The van der Waals surface area contributed by atoms with E-state index < -0.39 is 6.10 Å². The Kier molecular flexibility index (Phi) is 2.54. The lowest BCUT2D eigenvalue weighted by atomic mass is 10.1. The molecule has 0 amide bonds. The number of fused-ring (bicyclic) bond motifs is 1. The van der Waals surface area contributed by atoms with E-state index in [9.17, 15) is 5.11 Å². The zero-order chi connectivity index (χ0) is 10.1. The molecule has 2 heterocycles. The van der Waals surface area contributed by atoms with Crippen LogP contribution in [-0.4, -0.2) is 19.9 Å². The molecule has 2 rings (SSSR count). The molecule has 0 radical (unpaired) electrons. The predicted molar refractivity (Wildman–Crippen MR) is 52.8 cm³/mol. The fraction of sp³-hybridized carbons (Fsp3) is 0.800. The van der Waals surface area contributed by atoms with Gasteiger partial charge in [-0.25, -0.2) is 0 Å². The Balaban J connectivity index is 2.26. The Morgan fingerprint density at radius 3 is 3.00 bits per heavy atom. The van der Waals surface area contributed by atoms with Gasteiger partial charge in [0, 0.05) is 13.0 Å². The van der Waals surface area contributed by atoms with Crippen molar-refractivity contribution in [1.82, 2.24) is 14.8 Å². The first-order valence-corrected chi connectivity index (χ1v) is 5.28. The Morgan fingerprint density at radius 1 is 1.50 bits per heavy atom. The molecule has 0 saturated heterocycles. The molecule has 0 bridgehead atoms. The average Bonchev–Trinajstić information content (AvgIpc) is 2.49. The molecule has 0 aromatic carbocycles. The highest BCUT2D eigenvalue weighted by molar-refractivity contribution is 5.02. The van der Waals surface area contributed by atoms with Gasteiger partial charge in [0.25, 0.3) is 0 Å². The van der Waals surface area contributed by atoms with Crippen molar-refractivity contribution in [2.45, 2.75) is 45.8 Å². The van der Waals surface area contributed by atoms with Gasteiger partial charge in [0.2, 0.25) is 0 Å². The van der Waals surface area contributed by atoms with E-state index in [1.165, 1.54) is 0 Å². The topological polar surface area (TPSA) is 50.9 Å². The van der Waals surface area contributed by atoms with Crippen LogP contribution >= 0.6 is 0 Å². The van der Waals surface area contributed by atoms with Crippen LogP contribution in [0.15, 0.2) is 0 Å². The summed E-state index contributed by atoms with van der Waals surface area (Å²) < 4.78 is 2.08. The first-order valence-electron chi connectivity index (χ1n) is 5.28. The molecular weight excluding hydrogens is 178 g/mol. The molecule has 1 aromatic rings. The van der Waals surface area contributed by atoms with Crippen LogP contribution in [0.3, 0.4) is 0 Å². The third kappa shape index (κ3) is 1.66. The van der Waals surface area contributed by atoms with E-state index in [0.29, 0.717) is 5.92 Å². The van der Waals surface area contributed by atoms with Crippen molar-refractivity contribution in [2.24, 2.45) is 5.92 Å². The van der Waals surface area contributed by atoms with Gasteiger partial charge < -0.3 is 9.67 Å². The Bertz CT molecular complexity index is 319. The number of rotatable bonds is 2. The van der Waals surface area contributed by atoms with Crippen LogP contribution < -0.4 is 0 Å². The summed E-state index contributed by atoms with van der Waals surface area (Å²) in [7, 11) is 0. The lowest BCUT2D eigenvalue weighted by Gasteiger charge is -2.19. The number of hydrogen-bond acceptors (Lipinski definition) is 3. The number of aliphatic hydroxyl groups is 1. The maximum Gasteiger partial charge on any atom is 0.161 e. The van der Waals surface area contributed by atoms with E-state index in [0.717, 1.165) is 37.5 Å². The van der Waals surface area contributed by atoms with Crippen molar-refractivity contribution in [3.8, 4) is 0 Å². The molecule has 4 nitrogen and oxygen atoms in total. The SMILES string of the molecule is CC(C)Cc1nnc2n1CCCC2O. The lowest BCUT2D eigenvalue weighted by molar-refractivity contribution is 0.132. The maximum absolute atomic E-state index is 9.69. The van der Waals surface area contributed by atoms with E-state index in [4.69, 9.17) is 0 Å². The lowest BCUT2D eigenvalue weighted by Crippen LogP contribution is -2.18. The van der Waals surface area contributed by atoms with E-state index >= 15 is 0 Å². The summed E-state index contributed by atoms with van der Waals surface area (Å²) in [4.78, 5) is 0. The van der Waals surface area contributed by atoms with Crippen LogP contribution in [0.4, 0.5) is 0 Å². The second-order valence-electron chi connectivity index (χ2n) is 4.38. The standard InChI is InChI=1S/C10H17N3O/c1-7(2)6-9-11-12-10-8(14)4-3-5-13(9)10/h7-8,14H,3-6H2,1-2H3. The van der Waals surface area contributed by atoms with Gasteiger partial charge in [-0.3, -0.25) is 0 Å². The van der Waals surface area contributed by atoms with Gasteiger partial charge >= 0.3 is 0 Å². The molecule has 1 atom stereocenters. The van der Waals surface area contributed by atoms with Gasteiger partial charge in [0.05, 0.1) is 0 Å². The Hall–Kier alpha value is -0.900. The summed E-state index contributed by atoms with van der Waals surface area (Å²) >= 11 is 0. The zero-order valence-electron chi connectivity index (χ0n) is 8.77. The molecule has 14 heavy (non-hydrogen) atoms. The Labute approximate surface area is 84.0 Å². The minimum Gasteiger partial charge on any atom is -0.385 e. The summed E-state index contributed by atoms with van der Waals surface area (Å²) in [5, 5.41) is 17.9. The molecule has 0 fully saturated rings. The van der Waals surface area contributed by atoms with Crippen molar-refractivity contribution < 1.29 is 5.11 Å². The zero-order valence-corrected chi connectivity index (χ0v) is 8.77. The normalized spacial score (nSPS) is 21.3. The molecule has 0 spiro atoms. The monoisotopic (exact) mass is 195 g/mol. The highest BCUT2D eigenvalue weighted by Gasteiger charge is 2.23. The van der Waals surface area contributed by atoms with Crippen LogP contribution in [0.1, 0.15) is 44.4 Å². The van der Waals surface area contributed by atoms with Crippen molar-refractivity contribution in [3.05, 3.63) is 11.6 Å². The quantitative estimate of drug-likeness (QED) is 0.774. The number of nitrogens with zero attached hydrogens (tertiary/aromatic N) is 3. The third-order valence-electron chi connectivity index (χ3n) is 2.60. The maximum atomic E-state index is 9.69. The second kappa shape index (κ2) is 3.69. The summed E-state index contributed by atoms with van der Waals surface area (Å²) in [6, 6.07) is 0. The van der Waals surface area contributed by atoms with Crippen LogP contribution in [0.2, 0.25) is 0 Å². The highest BCUT2D eigenvalue weighted by atomic mass is 16.3. The fourth-order valence-corrected chi connectivity index (χ4v) is 1.93. The second-order valence-corrected chi connectivity index (χ2v) is 4.38. The molecule has 1 aromatic heterocycles. The van der Waals surface area contributed by atoms with Crippen LogP contribution in [0.25, 0.3) is 0 Å². The van der Waals surface area contributed by atoms with Crippen molar-refractivity contribution in [2.75, 3.05) is 0 Å². The largest absolute Gasteiger partial charge is 0.385 e. The molecule has 4 heteroatoms. The number of aromatic nitrogens is 3. The van der Waals surface area contributed by atoms with Crippen LogP contribution in [-0.2, 0) is 13.0 Å².